The molecule has 1 aromatic carbocycles. The molecule has 0 N–H and O–H groups in total. The minimum atomic E-state index is -3.24. The standard InChI is InChI=1S/C21H30F2O/c1-3-5-6-16-7-9-17(10-8-16)18-11-13-19(14-12-18)20(24)21(22,23)15-4-2/h11-14,16-17H,3-10,15H2,1-2H3. The van der Waals surface area contributed by atoms with Gasteiger partial charge in [-0.15, -0.1) is 0 Å². The van der Waals surface area contributed by atoms with Crippen molar-refractivity contribution in [1.29, 1.82) is 0 Å². The zero-order valence-corrected chi connectivity index (χ0v) is 15.0. The average molecular weight is 336 g/mol. The highest BCUT2D eigenvalue weighted by molar-refractivity contribution is 6.01. The van der Waals surface area contributed by atoms with Crippen LogP contribution in [0.4, 0.5) is 8.78 Å². The predicted molar refractivity (Wildman–Crippen MR) is 94.9 cm³/mol. The predicted octanol–water partition coefficient (Wildman–Crippen LogP) is 6.77. The molecule has 0 amide bonds. The molecule has 0 atom stereocenters. The van der Waals surface area contributed by atoms with E-state index in [0.29, 0.717) is 12.3 Å². The summed E-state index contributed by atoms with van der Waals surface area (Å²) in [5.41, 5.74) is 1.33. The van der Waals surface area contributed by atoms with Crippen molar-refractivity contribution in [2.24, 2.45) is 5.92 Å². The number of halogens is 2. The van der Waals surface area contributed by atoms with Gasteiger partial charge in [0.25, 0.3) is 0 Å². The Kier molecular flexibility index (Phi) is 6.94. The summed E-state index contributed by atoms with van der Waals surface area (Å²) in [6.07, 6.45) is 8.72. The summed E-state index contributed by atoms with van der Waals surface area (Å²) >= 11 is 0. The van der Waals surface area contributed by atoms with E-state index in [1.165, 1.54) is 50.5 Å². The minimum absolute atomic E-state index is 0.133. The van der Waals surface area contributed by atoms with Crippen LogP contribution in [0.3, 0.4) is 0 Å². The Morgan fingerprint density at radius 2 is 1.67 bits per heavy atom. The third-order valence-electron chi connectivity index (χ3n) is 5.35. The van der Waals surface area contributed by atoms with Crippen LogP contribution in [0.25, 0.3) is 0 Å². The Bertz CT molecular complexity index is 513. The van der Waals surface area contributed by atoms with Gasteiger partial charge in [-0.3, -0.25) is 4.79 Å². The van der Waals surface area contributed by atoms with Crippen LogP contribution in [-0.4, -0.2) is 11.7 Å². The Hall–Kier alpha value is -1.25. The second-order valence-corrected chi connectivity index (χ2v) is 7.27. The van der Waals surface area contributed by atoms with Crippen molar-refractivity contribution in [2.75, 3.05) is 0 Å². The van der Waals surface area contributed by atoms with Gasteiger partial charge in [-0.25, -0.2) is 0 Å². The van der Waals surface area contributed by atoms with Crippen molar-refractivity contribution in [3.63, 3.8) is 0 Å². The van der Waals surface area contributed by atoms with Gasteiger partial charge in [0.1, 0.15) is 0 Å². The first-order chi connectivity index (χ1) is 11.5. The molecule has 0 aromatic heterocycles. The van der Waals surface area contributed by atoms with Crippen LogP contribution in [0.1, 0.15) is 93.5 Å². The van der Waals surface area contributed by atoms with Crippen molar-refractivity contribution in [2.45, 2.75) is 83.5 Å². The Labute approximate surface area is 144 Å². The molecule has 0 unspecified atom stereocenters. The van der Waals surface area contributed by atoms with Gasteiger partial charge >= 0.3 is 5.92 Å². The molecule has 24 heavy (non-hydrogen) atoms. The van der Waals surface area contributed by atoms with Gasteiger partial charge in [0.05, 0.1) is 0 Å². The Morgan fingerprint density at radius 1 is 1.04 bits per heavy atom. The van der Waals surface area contributed by atoms with E-state index in [0.717, 1.165) is 5.92 Å². The number of rotatable bonds is 8. The van der Waals surface area contributed by atoms with Gasteiger partial charge in [-0.2, -0.15) is 8.78 Å². The van der Waals surface area contributed by atoms with Crippen LogP contribution in [0.15, 0.2) is 24.3 Å². The molecule has 3 heteroatoms. The lowest BCUT2D eigenvalue weighted by Gasteiger charge is -2.29. The molecule has 1 nitrogen and oxygen atoms in total. The first kappa shape index (κ1) is 19.1. The van der Waals surface area contributed by atoms with Crippen LogP contribution in [0, 0.1) is 5.92 Å². The van der Waals surface area contributed by atoms with Gasteiger partial charge < -0.3 is 0 Å². The quantitative estimate of drug-likeness (QED) is 0.479. The van der Waals surface area contributed by atoms with Crippen molar-refractivity contribution in [3.8, 4) is 0 Å². The molecule has 0 bridgehead atoms. The molecule has 0 aliphatic heterocycles. The molecule has 1 fully saturated rings. The highest BCUT2D eigenvalue weighted by Crippen LogP contribution is 2.38. The molecule has 1 aromatic rings. The first-order valence-electron chi connectivity index (χ1n) is 9.50. The van der Waals surface area contributed by atoms with E-state index >= 15 is 0 Å². The summed E-state index contributed by atoms with van der Waals surface area (Å²) < 4.78 is 27.5. The molecule has 2 rings (SSSR count). The number of alkyl halides is 2. The summed E-state index contributed by atoms with van der Waals surface area (Å²) in [4.78, 5) is 11.9. The van der Waals surface area contributed by atoms with Crippen LogP contribution in [-0.2, 0) is 0 Å². The average Bonchev–Trinajstić information content (AvgIpc) is 2.60. The minimum Gasteiger partial charge on any atom is -0.287 e. The maximum atomic E-state index is 13.8. The maximum absolute atomic E-state index is 13.8. The SMILES string of the molecule is CCCCC1CCC(c2ccc(C(=O)C(F)(F)CCC)cc2)CC1. The molecule has 0 radical (unpaired) electrons. The molecular weight excluding hydrogens is 306 g/mol. The highest BCUT2D eigenvalue weighted by atomic mass is 19.3. The van der Waals surface area contributed by atoms with Gasteiger partial charge in [-0.05, 0) is 49.5 Å². The van der Waals surface area contributed by atoms with E-state index in [-0.39, 0.29) is 12.0 Å². The van der Waals surface area contributed by atoms with Crippen molar-refractivity contribution in [3.05, 3.63) is 35.4 Å². The number of unbranched alkanes of at least 4 members (excludes halogenated alkanes) is 1. The van der Waals surface area contributed by atoms with Gasteiger partial charge in [0, 0.05) is 12.0 Å². The van der Waals surface area contributed by atoms with Crippen LogP contribution in [0.5, 0.6) is 0 Å². The van der Waals surface area contributed by atoms with E-state index in [2.05, 4.69) is 6.92 Å². The summed E-state index contributed by atoms with van der Waals surface area (Å²) in [5.74, 6) is -2.91. The van der Waals surface area contributed by atoms with Crippen LogP contribution >= 0.6 is 0 Å². The summed E-state index contributed by atoms with van der Waals surface area (Å²) in [5, 5.41) is 0. The van der Waals surface area contributed by atoms with Crippen LogP contribution < -0.4 is 0 Å². The largest absolute Gasteiger partial charge is 0.309 e. The van der Waals surface area contributed by atoms with Gasteiger partial charge in [0.15, 0.2) is 0 Å². The van der Waals surface area contributed by atoms with Crippen molar-refractivity contribution >= 4 is 5.78 Å². The second kappa shape index (κ2) is 8.73. The fourth-order valence-corrected chi connectivity index (χ4v) is 3.82. The number of ketones is 1. The number of benzene rings is 1. The number of carbonyl (C=O) groups excluding carboxylic acids is 1. The topological polar surface area (TPSA) is 17.1 Å². The number of Topliss-reactive ketones (excluding diaryl/α,β-unsaturated/α-hetero) is 1. The summed E-state index contributed by atoms with van der Waals surface area (Å²) in [6, 6.07) is 6.94. The molecule has 0 saturated heterocycles. The Morgan fingerprint density at radius 3 is 2.21 bits per heavy atom. The lowest BCUT2D eigenvalue weighted by atomic mass is 9.77. The zero-order valence-electron chi connectivity index (χ0n) is 15.0. The fraction of sp³-hybridized carbons (Fsp3) is 0.667. The Balaban J connectivity index is 1.94. The highest BCUT2D eigenvalue weighted by Gasteiger charge is 2.38. The van der Waals surface area contributed by atoms with Crippen LogP contribution in [0.2, 0.25) is 0 Å². The molecule has 1 aliphatic rings. The third kappa shape index (κ3) is 4.87. The van der Waals surface area contributed by atoms with Crippen molar-refractivity contribution < 1.29 is 13.6 Å². The van der Waals surface area contributed by atoms with E-state index in [9.17, 15) is 13.6 Å². The molecule has 0 heterocycles. The third-order valence-corrected chi connectivity index (χ3v) is 5.35. The first-order valence-corrected chi connectivity index (χ1v) is 9.50. The number of hydrogen-bond acceptors (Lipinski definition) is 1. The van der Waals surface area contributed by atoms with E-state index in [1.807, 2.05) is 12.1 Å². The van der Waals surface area contributed by atoms with E-state index in [1.54, 1.807) is 19.1 Å². The smallest absolute Gasteiger partial charge is 0.287 e. The molecule has 1 aliphatic carbocycles. The lowest BCUT2D eigenvalue weighted by Crippen LogP contribution is -2.28. The monoisotopic (exact) mass is 336 g/mol. The molecular formula is C21H30F2O. The normalized spacial score (nSPS) is 21.7. The summed E-state index contributed by atoms with van der Waals surface area (Å²) in [7, 11) is 0. The maximum Gasteiger partial charge on any atom is 0.309 e. The van der Waals surface area contributed by atoms with E-state index in [4.69, 9.17) is 0 Å². The van der Waals surface area contributed by atoms with Crippen molar-refractivity contribution in [1.82, 2.24) is 0 Å². The summed E-state index contributed by atoms with van der Waals surface area (Å²) in [6.45, 7) is 3.90. The van der Waals surface area contributed by atoms with Gasteiger partial charge in [-0.1, -0.05) is 57.4 Å². The molecule has 134 valence electrons. The molecule has 0 spiro atoms. The molecule has 1 saturated carbocycles. The fourth-order valence-electron chi connectivity index (χ4n) is 3.82. The number of hydrogen-bond donors (Lipinski definition) is 0. The second-order valence-electron chi connectivity index (χ2n) is 7.27. The van der Waals surface area contributed by atoms with Gasteiger partial charge in [0.2, 0.25) is 5.78 Å². The number of carbonyl (C=O) groups is 1. The van der Waals surface area contributed by atoms with E-state index < -0.39 is 11.7 Å². The zero-order chi connectivity index (χ0) is 17.6. The lowest BCUT2D eigenvalue weighted by molar-refractivity contribution is 0.00453.